The van der Waals surface area contributed by atoms with Crippen LogP contribution in [0.5, 0.6) is 0 Å². The van der Waals surface area contributed by atoms with Crippen LogP contribution < -0.4 is 5.32 Å². The average Bonchev–Trinajstić information content (AvgIpc) is 2.50. The molecule has 7 nitrogen and oxygen atoms in total. The van der Waals surface area contributed by atoms with Crippen molar-refractivity contribution in [3.8, 4) is 0 Å². The fraction of sp³-hybridized carbons (Fsp3) is 0.353. The van der Waals surface area contributed by atoms with Gasteiger partial charge in [0.25, 0.3) is 5.70 Å². The normalized spacial score (nSPS) is 17.4. The summed E-state index contributed by atoms with van der Waals surface area (Å²) in [5.41, 5.74) is 2.49. The number of benzene rings is 1. The lowest BCUT2D eigenvalue weighted by atomic mass is 9.87. The standard InChI is InChI=1S/C17H20N2O5/c1-5-23-17(20)24-16-12(4)18-11(3)15(19(21)22)14(16)13-9-7-6-8-10(13)2/h6-9,14,18H,5H2,1-4H3. The van der Waals surface area contributed by atoms with Gasteiger partial charge in [0.15, 0.2) is 0 Å². The topological polar surface area (TPSA) is 90.7 Å². The molecule has 1 heterocycles. The van der Waals surface area contributed by atoms with Crippen LogP contribution in [0.15, 0.2) is 47.1 Å². The number of nitro groups is 1. The van der Waals surface area contributed by atoms with Crippen molar-refractivity contribution in [2.75, 3.05) is 6.61 Å². The second-order valence-electron chi connectivity index (χ2n) is 5.46. The molecule has 0 saturated heterocycles. The Labute approximate surface area is 140 Å². The van der Waals surface area contributed by atoms with E-state index < -0.39 is 17.0 Å². The molecule has 1 aromatic rings. The summed E-state index contributed by atoms with van der Waals surface area (Å²) in [6.07, 6.45) is -0.880. The van der Waals surface area contributed by atoms with Gasteiger partial charge in [-0.2, -0.15) is 0 Å². The Bertz CT molecular complexity index is 736. The quantitative estimate of drug-likeness (QED) is 0.515. The van der Waals surface area contributed by atoms with Gasteiger partial charge in [-0.05, 0) is 38.8 Å². The van der Waals surface area contributed by atoms with Crippen LogP contribution in [-0.2, 0) is 9.47 Å². The molecule has 1 aromatic carbocycles. The van der Waals surface area contributed by atoms with Crippen LogP contribution in [-0.4, -0.2) is 17.7 Å². The van der Waals surface area contributed by atoms with Gasteiger partial charge in [0.05, 0.1) is 22.9 Å². The van der Waals surface area contributed by atoms with Gasteiger partial charge in [-0.25, -0.2) is 4.79 Å². The van der Waals surface area contributed by atoms with E-state index in [2.05, 4.69) is 5.32 Å². The Morgan fingerprint density at radius 1 is 1.25 bits per heavy atom. The van der Waals surface area contributed by atoms with Crippen molar-refractivity contribution < 1.29 is 19.2 Å². The number of ether oxygens (including phenoxy) is 2. The van der Waals surface area contributed by atoms with Gasteiger partial charge in [-0.3, -0.25) is 10.1 Å². The molecule has 1 N–H and O–H groups in total. The minimum absolute atomic E-state index is 0.0470. The smallest absolute Gasteiger partial charge is 0.434 e. The predicted octanol–water partition coefficient (Wildman–Crippen LogP) is 3.59. The molecular formula is C17H20N2O5. The van der Waals surface area contributed by atoms with E-state index in [1.54, 1.807) is 32.9 Å². The maximum Gasteiger partial charge on any atom is 0.513 e. The van der Waals surface area contributed by atoms with Crippen LogP contribution in [0.4, 0.5) is 4.79 Å². The van der Waals surface area contributed by atoms with E-state index in [1.165, 1.54) is 0 Å². The summed E-state index contributed by atoms with van der Waals surface area (Å²) >= 11 is 0. The molecule has 1 atom stereocenters. The second kappa shape index (κ2) is 7.16. The predicted molar refractivity (Wildman–Crippen MR) is 87.6 cm³/mol. The fourth-order valence-corrected chi connectivity index (χ4v) is 2.78. The van der Waals surface area contributed by atoms with E-state index in [0.29, 0.717) is 17.0 Å². The van der Waals surface area contributed by atoms with Crippen LogP contribution in [0.25, 0.3) is 0 Å². The molecule has 1 aliphatic rings. The van der Waals surface area contributed by atoms with Gasteiger partial charge in [0.2, 0.25) is 0 Å². The van der Waals surface area contributed by atoms with Crippen LogP contribution in [0.1, 0.15) is 37.8 Å². The highest BCUT2D eigenvalue weighted by Crippen LogP contribution is 2.40. The van der Waals surface area contributed by atoms with Gasteiger partial charge in [-0.1, -0.05) is 24.3 Å². The minimum atomic E-state index is -0.880. The number of dihydropyridines is 1. The SMILES string of the molecule is CCOC(=O)OC1=C(C)NC(C)=C([N+](=O)[O-])C1c1ccccc1C. The van der Waals surface area contributed by atoms with E-state index in [1.807, 2.05) is 19.1 Å². The monoisotopic (exact) mass is 332 g/mol. The molecule has 0 bridgehead atoms. The Kier molecular flexibility index (Phi) is 5.23. The van der Waals surface area contributed by atoms with Gasteiger partial charge in [0, 0.05) is 0 Å². The van der Waals surface area contributed by atoms with E-state index in [0.717, 1.165) is 5.56 Å². The van der Waals surface area contributed by atoms with E-state index in [9.17, 15) is 14.9 Å². The van der Waals surface area contributed by atoms with Crippen LogP contribution in [0.3, 0.4) is 0 Å². The van der Waals surface area contributed by atoms with Crippen molar-refractivity contribution in [3.05, 3.63) is 68.4 Å². The molecule has 1 aliphatic heterocycles. The third-order valence-electron chi connectivity index (χ3n) is 3.82. The van der Waals surface area contributed by atoms with Crippen molar-refractivity contribution in [3.63, 3.8) is 0 Å². The average molecular weight is 332 g/mol. The molecule has 0 fully saturated rings. The molecule has 0 aromatic heterocycles. The summed E-state index contributed by atoms with van der Waals surface area (Å²) in [5.74, 6) is -0.605. The first-order chi connectivity index (χ1) is 11.4. The summed E-state index contributed by atoms with van der Waals surface area (Å²) in [4.78, 5) is 23.0. The van der Waals surface area contributed by atoms with E-state index in [-0.39, 0.29) is 18.1 Å². The summed E-state index contributed by atoms with van der Waals surface area (Å²) in [6.45, 7) is 7.02. The van der Waals surface area contributed by atoms with Crippen LogP contribution in [0.2, 0.25) is 0 Å². The lowest BCUT2D eigenvalue weighted by molar-refractivity contribution is -0.431. The molecular weight excluding hydrogens is 312 g/mol. The molecule has 1 unspecified atom stereocenters. The summed E-state index contributed by atoms with van der Waals surface area (Å²) < 4.78 is 10.1. The maximum atomic E-state index is 11.8. The summed E-state index contributed by atoms with van der Waals surface area (Å²) in [7, 11) is 0. The van der Waals surface area contributed by atoms with Crippen LogP contribution >= 0.6 is 0 Å². The molecule has 7 heteroatoms. The third-order valence-corrected chi connectivity index (χ3v) is 3.82. The summed E-state index contributed by atoms with van der Waals surface area (Å²) in [6, 6.07) is 7.31. The van der Waals surface area contributed by atoms with E-state index in [4.69, 9.17) is 9.47 Å². The van der Waals surface area contributed by atoms with Gasteiger partial charge >= 0.3 is 6.16 Å². The highest BCUT2D eigenvalue weighted by atomic mass is 16.7. The Balaban J connectivity index is 2.58. The van der Waals surface area contributed by atoms with Crippen molar-refractivity contribution in [1.29, 1.82) is 0 Å². The minimum Gasteiger partial charge on any atom is -0.434 e. The zero-order valence-corrected chi connectivity index (χ0v) is 14.1. The first-order valence-corrected chi connectivity index (χ1v) is 7.59. The number of nitrogens with zero attached hydrogens (tertiary/aromatic N) is 1. The molecule has 0 saturated carbocycles. The number of carbonyl (C=O) groups excluding carboxylic acids is 1. The number of aryl methyl sites for hydroxylation is 1. The molecule has 0 aliphatic carbocycles. The second-order valence-corrected chi connectivity index (χ2v) is 5.46. The molecule has 128 valence electrons. The van der Waals surface area contributed by atoms with Crippen molar-refractivity contribution >= 4 is 6.16 Å². The first kappa shape index (κ1) is 17.5. The van der Waals surface area contributed by atoms with E-state index >= 15 is 0 Å². The number of carbonyl (C=O) groups is 1. The number of hydrogen-bond acceptors (Lipinski definition) is 6. The molecule has 24 heavy (non-hydrogen) atoms. The molecule has 0 radical (unpaired) electrons. The van der Waals surface area contributed by atoms with Crippen LogP contribution in [0, 0.1) is 17.0 Å². The molecule has 2 rings (SSSR count). The zero-order valence-electron chi connectivity index (χ0n) is 14.1. The van der Waals surface area contributed by atoms with Crippen molar-refractivity contribution in [2.45, 2.75) is 33.6 Å². The first-order valence-electron chi connectivity index (χ1n) is 7.59. The highest BCUT2D eigenvalue weighted by Gasteiger charge is 2.40. The maximum absolute atomic E-state index is 11.8. The Morgan fingerprint density at radius 2 is 1.92 bits per heavy atom. The van der Waals surface area contributed by atoms with Gasteiger partial charge in [0.1, 0.15) is 11.7 Å². The molecule has 0 spiro atoms. The van der Waals surface area contributed by atoms with Crippen molar-refractivity contribution in [2.24, 2.45) is 0 Å². The number of hydrogen-bond donors (Lipinski definition) is 1. The third kappa shape index (κ3) is 3.40. The fourth-order valence-electron chi connectivity index (χ4n) is 2.78. The lowest BCUT2D eigenvalue weighted by Gasteiger charge is -2.27. The summed E-state index contributed by atoms with van der Waals surface area (Å²) in [5, 5.41) is 14.5. The highest BCUT2D eigenvalue weighted by molar-refractivity contribution is 5.63. The number of rotatable bonds is 4. The number of allylic oxidation sites excluding steroid dienone is 2. The number of nitrogens with one attached hydrogen (secondary N) is 1. The lowest BCUT2D eigenvalue weighted by Crippen LogP contribution is -2.30. The van der Waals surface area contributed by atoms with Crippen molar-refractivity contribution in [1.82, 2.24) is 5.32 Å². The van der Waals surface area contributed by atoms with Gasteiger partial charge < -0.3 is 14.8 Å². The Hall–Kier alpha value is -2.83. The molecule has 0 amide bonds. The van der Waals surface area contributed by atoms with Gasteiger partial charge in [-0.15, -0.1) is 0 Å². The Morgan fingerprint density at radius 3 is 2.50 bits per heavy atom. The largest absolute Gasteiger partial charge is 0.513 e. The zero-order chi connectivity index (χ0) is 17.9.